The maximum atomic E-state index is 6.15. The summed E-state index contributed by atoms with van der Waals surface area (Å²) in [6, 6.07) is 5.82. The van der Waals surface area contributed by atoms with Crippen molar-refractivity contribution >= 4 is 38.3 Å². The maximum Gasteiger partial charge on any atom is 0.183 e. The van der Waals surface area contributed by atoms with Crippen LogP contribution in [0.3, 0.4) is 0 Å². The summed E-state index contributed by atoms with van der Waals surface area (Å²) in [5.74, 6) is 0. The van der Waals surface area contributed by atoms with Crippen molar-refractivity contribution in [2.75, 3.05) is 18.5 Å². The molecule has 3 nitrogen and oxygen atoms in total. The van der Waals surface area contributed by atoms with Gasteiger partial charge in [-0.25, -0.2) is 4.98 Å². The minimum Gasteiger partial charge on any atom is -0.376 e. The van der Waals surface area contributed by atoms with E-state index >= 15 is 0 Å². The number of halogens is 1. The lowest BCUT2D eigenvalue weighted by molar-refractivity contribution is 0.0347. The van der Waals surface area contributed by atoms with E-state index in [1.807, 2.05) is 18.2 Å². The predicted octanol–water partition coefficient (Wildman–Crippen LogP) is 4.71. The van der Waals surface area contributed by atoms with E-state index in [4.69, 9.17) is 16.3 Å². The molecule has 0 atom stereocenters. The molecule has 0 aliphatic heterocycles. The molecule has 1 fully saturated rings. The Bertz CT molecular complexity index is 566. The van der Waals surface area contributed by atoms with Gasteiger partial charge in [0.05, 0.1) is 28.0 Å². The van der Waals surface area contributed by atoms with E-state index in [-0.39, 0.29) is 0 Å². The van der Waals surface area contributed by atoms with Crippen LogP contribution in [0.2, 0.25) is 5.02 Å². The van der Waals surface area contributed by atoms with E-state index in [1.165, 1.54) is 32.1 Å². The number of thiazole rings is 1. The summed E-state index contributed by atoms with van der Waals surface area (Å²) in [6.45, 7) is 1.54. The van der Waals surface area contributed by atoms with Gasteiger partial charge in [-0.05, 0) is 25.0 Å². The van der Waals surface area contributed by atoms with Crippen LogP contribution in [0.15, 0.2) is 18.2 Å². The summed E-state index contributed by atoms with van der Waals surface area (Å²) in [4.78, 5) is 4.53. The van der Waals surface area contributed by atoms with E-state index in [1.54, 1.807) is 11.3 Å². The number of anilines is 1. The quantitative estimate of drug-likeness (QED) is 0.812. The highest BCUT2D eigenvalue weighted by Crippen LogP contribution is 2.31. The van der Waals surface area contributed by atoms with Crippen molar-refractivity contribution in [1.29, 1.82) is 0 Å². The molecule has 0 radical (unpaired) electrons. The fourth-order valence-electron chi connectivity index (χ4n) is 2.61. The number of hydrogen-bond donors (Lipinski definition) is 1. The van der Waals surface area contributed by atoms with Gasteiger partial charge in [0.1, 0.15) is 0 Å². The van der Waals surface area contributed by atoms with Crippen molar-refractivity contribution in [3.05, 3.63) is 23.2 Å². The fraction of sp³-hybridized carbons (Fsp3) is 0.533. The first-order chi connectivity index (χ1) is 9.83. The Morgan fingerprint density at radius 3 is 2.95 bits per heavy atom. The monoisotopic (exact) mass is 310 g/mol. The van der Waals surface area contributed by atoms with E-state index in [9.17, 15) is 0 Å². The van der Waals surface area contributed by atoms with Gasteiger partial charge in [-0.1, -0.05) is 48.3 Å². The van der Waals surface area contributed by atoms with Crippen LogP contribution in [-0.4, -0.2) is 24.2 Å². The molecule has 0 unspecified atom stereocenters. The van der Waals surface area contributed by atoms with Gasteiger partial charge in [-0.15, -0.1) is 0 Å². The third-order valence-corrected chi connectivity index (χ3v) is 5.14. The van der Waals surface area contributed by atoms with Crippen molar-refractivity contribution < 1.29 is 4.74 Å². The van der Waals surface area contributed by atoms with Crippen molar-refractivity contribution in [3.8, 4) is 0 Å². The summed E-state index contributed by atoms with van der Waals surface area (Å²) in [6.07, 6.45) is 6.90. The first kappa shape index (κ1) is 14.1. The average Bonchev–Trinajstić information content (AvgIpc) is 2.89. The van der Waals surface area contributed by atoms with Gasteiger partial charge >= 0.3 is 0 Å². The molecule has 1 N–H and O–H groups in total. The molecule has 1 aliphatic carbocycles. The molecule has 0 bridgehead atoms. The average molecular weight is 311 g/mol. The molecule has 1 saturated carbocycles. The summed E-state index contributed by atoms with van der Waals surface area (Å²) in [7, 11) is 0. The van der Waals surface area contributed by atoms with Gasteiger partial charge in [0.2, 0.25) is 0 Å². The van der Waals surface area contributed by atoms with Gasteiger partial charge < -0.3 is 10.1 Å². The Hall–Kier alpha value is -0.840. The Morgan fingerprint density at radius 2 is 2.15 bits per heavy atom. The van der Waals surface area contributed by atoms with Crippen molar-refractivity contribution in [2.45, 2.75) is 38.2 Å². The number of nitrogens with zero attached hydrogens (tertiary/aromatic N) is 1. The zero-order valence-corrected chi connectivity index (χ0v) is 13.0. The third kappa shape index (κ3) is 3.43. The molecule has 20 heavy (non-hydrogen) atoms. The SMILES string of the molecule is Clc1cccc2nc(NCCOC3CCCCC3)sc12. The van der Waals surface area contributed by atoms with Crippen LogP contribution in [0, 0.1) is 0 Å². The van der Waals surface area contributed by atoms with Gasteiger partial charge in [-0.3, -0.25) is 0 Å². The van der Waals surface area contributed by atoms with Gasteiger partial charge in [0.15, 0.2) is 5.13 Å². The Balaban J connectivity index is 1.48. The van der Waals surface area contributed by atoms with E-state index in [0.717, 1.165) is 33.5 Å². The van der Waals surface area contributed by atoms with E-state index in [2.05, 4.69) is 10.3 Å². The Kier molecular flexibility index (Phi) is 4.76. The zero-order valence-electron chi connectivity index (χ0n) is 11.4. The van der Waals surface area contributed by atoms with Crippen molar-refractivity contribution in [1.82, 2.24) is 4.98 Å². The molecule has 1 aromatic heterocycles. The van der Waals surface area contributed by atoms with Crippen LogP contribution in [0.4, 0.5) is 5.13 Å². The standard InChI is InChI=1S/C15H19ClN2OS/c16-12-7-4-8-13-14(12)20-15(18-13)17-9-10-19-11-5-2-1-3-6-11/h4,7-8,11H,1-3,5-6,9-10H2,(H,17,18). The van der Waals surface area contributed by atoms with Crippen molar-refractivity contribution in [3.63, 3.8) is 0 Å². The Labute approximate surface area is 128 Å². The molecule has 1 aromatic carbocycles. The minimum atomic E-state index is 0.468. The summed E-state index contributed by atoms with van der Waals surface area (Å²) in [5.41, 5.74) is 0.957. The van der Waals surface area contributed by atoms with E-state index < -0.39 is 0 Å². The van der Waals surface area contributed by atoms with Crippen LogP contribution in [0.1, 0.15) is 32.1 Å². The molecule has 3 rings (SSSR count). The topological polar surface area (TPSA) is 34.2 Å². The maximum absolute atomic E-state index is 6.15. The summed E-state index contributed by atoms with van der Waals surface area (Å²) >= 11 is 7.75. The van der Waals surface area contributed by atoms with Gasteiger partial charge in [-0.2, -0.15) is 0 Å². The molecule has 108 valence electrons. The molecule has 0 saturated heterocycles. The predicted molar refractivity (Wildman–Crippen MR) is 85.9 cm³/mol. The Morgan fingerprint density at radius 1 is 1.30 bits per heavy atom. The number of fused-ring (bicyclic) bond motifs is 1. The molecular weight excluding hydrogens is 292 g/mol. The lowest BCUT2D eigenvalue weighted by Gasteiger charge is -2.21. The molecule has 0 amide bonds. The van der Waals surface area contributed by atoms with Crippen LogP contribution in [-0.2, 0) is 4.74 Å². The van der Waals surface area contributed by atoms with Crippen LogP contribution in [0.5, 0.6) is 0 Å². The molecule has 0 spiro atoms. The van der Waals surface area contributed by atoms with Crippen LogP contribution >= 0.6 is 22.9 Å². The minimum absolute atomic E-state index is 0.468. The number of nitrogens with one attached hydrogen (secondary N) is 1. The number of ether oxygens (including phenoxy) is 1. The van der Waals surface area contributed by atoms with Gasteiger partial charge in [0, 0.05) is 6.54 Å². The third-order valence-electron chi connectivity index (χ3n) is 3.65. The molecular formula is C15H19ClN2OS. The highest BCUT2D eigenvalue weighted by molar-refractivity contribution is 7.22. The molecule has 5 heteroatoms. The second-order valence-electron chi connectivity index (χ2n) is 5.16. The highest BCUT2D eigenvalue weighted by atomic mass is 35.5. The fourth-order valence-corrected chi connectivity index (χ4v) is 3.79. The first-order valence-corrected chi connectivity index (χ1v) is 8.43. The van der Waals surface area contributed by atoms with E-state index in [0.29, 0.717) is 6.10 Å². The lowest BCUT2D eigenvalue weighted by Crippen LogP contribution is -2.20. The van der Waals surface area contributed by atoms with Crippen LogP contribution in [0.25, 0.3) is 10.2 Å². The highest BCUT2D eigenvalue weighted by Gasteiger charge is 2.13. The number of aromatic nitrogens is 1. The first-order valence-electron chi connectivity index (χ1n) is 7.23. The molecule has 1 aliphatic rings. The van der Waals surface area contributed by atoms with Crippen molar-refractivity contribution in [2.24, 2.45) is 0 Å². The summed E-state index contributed by atoms with van der Waals surface area (Å²) in [5, 5.41) is 5.01. The smallest absolute Gasteiger partial charge is 0.183 e. The largest absolute Gasteiger partial charge is 0.376 e. The second kappa shape index (κ2) is 6.74. The zero-order chi connectivity index (χ0) is 13.8. The van der Waals surface area contributed by atoms with Crippen LogP contribution < -0.4 is 5.32 Å². The molecule has 2 aromatic rings. The number of hydrogen-bond acceptors (Lipinski definition) is 4. The lowest BCUT2D eigenvalue weighted by atomic mass is 9.98. The molecule has 1 heterocycles. The number of rotatable bonds is 5. The van der Waals surface area contributed by atoms with Gasteiger partial charge in [0.25, 0.3) is 0 Å². The number of benzene rings is 1. The summed E-state index contributed by atoms with van der Waals surface area (Å²) < 4.78 is 6.94. The second-order valence-corrected chi connectivity index (χ2v) is 6.57. The normalized spacial score (nSPS) is 16.6.